The Balaban J connectivity index is 1.31. The Morgan fingerprint density at radius 2 is 1.91 bits per heavy atom. The van der Waals surface area contributed by atoms with Gasteiger partial charge in [-0.1, -0.05) is 54.6 Å². The molecule has 2 N–H and O–H groups in total. The molecular weight excluding hydrogens is 558 g/mol. The first-order valence-corrected chi connectivity index (χ1v) is 15.4. The van der Waals surface area contributed by atoms with E-state index in [1.807, 2.05) is 49.5 Å². The molecule has 44 heavy (non-hydrogen) atoms. The maximum atomic E-state index is 13.2. The third kappa shape index (κ3) is 6.08. The Bertz CT molecular complexity index is 1750. The number of ether oxygens (including phenoxy) is 4. The highest BCUT2D eigenvalue weighted by Crippen LogP contribution is 2.37. The maximum Gasteiger partial charge on any atom is 0.355 e. The molecule has 1 fully saturated rings. The van der Waals surface area contributed by atoms with Gasteiger partial charge in [0.2, 0.25) is 0 Å². The lowest BCUT2D eigenvalue weighted by Crippen LogP contribution is -2.22. The first-order chi connectivity index (χ1) is 21.6. The molecule has 0 aliphatic carbocycles. The Morgan fingerprint density at radius 1 is 1.09 bits per heavy atom. The van der Waals surface area contributed by atoms with Gasteiger partial charge in [-0.3, -0.25) is 4.68 Å². The number of aryl methyl sites for hydroxylation is 2. The van der Waals surface area contributed by atoms with E-state index in [1.54, 1.807) is 11.6 Å². The van der Waals surface area contributed by atoms with E-state index in [1.165, 1.54) is 0 Å². The van der Waals surface area contributed by atoms with Crippen LogP contribution in [0.25, 0.3) is 32.8 Å². The van der Waals surface area contributed by atoms with Crippen molar-refractivity contribution in [1.82, 2.24) is 14.8 Å². The number of nitrogens with one attached hydrogen (secondary N) is 1. The lowest BCUT2D eigenvalue weighted by Gasteiger charge is -2.22. The molecule has 0 spiro atoms. The summed E-state index contributed by atoms with van der Waals surface area (Å²) in [5, 5.41) is 18.2. The molecular formula is C35H39N3O6. The van der Waals surface area contributed by atoms with E-state index >= 15 is 0 Å². The van der Waals surface area contributed by atoms with E-state index in [2.05, 4.69) is 23.2 Å². The minimum Gasteiger partial charge on any atom is -0.493 e. The molecule has 0 unspecified atom stereocenters. The van der Waals surface area contributed by atoms with Crippen molar-refractivity contribution in [2.75, 3.05) is 19.8 Å². The predicted molar refractivity (Wildman–Crippen MR) is 169 cm³/mol. The number of aromatic amines is 1. The summed E-state index contributed by atoms with van der Waals surface area (Å²) in [5.41, 5.74) is 5.10. The van der Waals surface area contributed by atoms with Crippen LogP contribution in [0.3, 0.4) is 0 Å². The summed E-state index contributed by atoms with van der Waals surface area (Å²) < 4.78 is 25.2. The number of para-hydroxylation sites is 1. The number of H-pyrrole nitrogens is 1. The van der Waals surface area contributed by atoms with Crippen molar-refractivity contribution < 1.29 is 28.8 Å². The number of benzene rings is 3. The molecule has 3 heterocycles. The van der Waals surface area contributed by atoms with Gasteiger partial charge in [-0.2, -0.15) is 5.10 Å². The van der Waals surface area contributed by atoms with E-state index < -0.39 is 5.97 Å². The van der Waals surface area contributed by atoms with Crippen LogP contribution in [-0.2, 0) is 40.9 Å². The number of fused-ring (bicyclic) bond motifs is 2. The van der Waals surface area contributed by atoms with Crippen LogP contribution in [0.4, 0.5) is 0 Å². The van der Waals surface area contributed by atoms with Crippen molar-refractivity contribution in [3.05, 3.63) is 83.3 Å². The fourth-order valence-corrected chi connectivity index (χ4v) is 6.10. The highest BCUT2D eigenvalue weighted by Gasteiger charge is 2.25. The van der Waals surface area contributed by atoms with E-state index in [4.69, 9.17) is 24.0 Å². The summed E-state index contributed by atoms with van der Waals surface area (Å²) >= 11 is 0. The van der Waals surface area contributed by atoms with Crippen molar-refractivity contribution in [3.63, 3.8) is 0 Å². The number of aromatic nitrogens is 3. The normalized spacial score (nSPS) is 15.2. The van der Waals surface area contributed by atoms with Crippen LogP contribution in [0.2, 0.25) is 0 Å². The highest BCUT2D eigenvalue weighted by molar-refractivity contribution is 6.04. The van der Waals surface area contributed by atoms with Crippen molar-refractivity contribution in [2.45, 2.75) is 58.5 Å². The minimum atomic E-state index is -0.397. The maximum absolute atomic E-state index is 13.2. The Morgan fingerprint density at radius 3 is 2.73 bits per heavy atom. The summed E-state index contributed by atoms with van der Waals surface area (Å²) in [5.74, 6) is 0.447. The lowest BCUT2D eigenvalue weighted by molar-refractivity contribution is -0.169. The van der Waals surface area contributed by atoms with Crippen molar-refractivity contribution in [1.29, 1.82) is 0 Å². The van der Waals surface area contributed by atoms with Gasteiger partial charge in [0.25, 0.3) is 0 Å². The molecule has 2 aromatic heterocycles. The number of aliphatic hydroxyl groups is 1. The average Bonchev–Trinajstić information content (AvgIpc) is 3.59. The SMILES string of the molecule is CCOC(=O)c1[nH]c2c(-c3c(CO[C@@H]4CCCCO4)nn(C)c3CO)cccc2c1CCCOc1cccc2ccccc12. The number of hydrogen-bond acceptors (Lipinski definition) is 7. The van der Waals surface area contributed by atoms with E-state index in [9.17, 15) is 9.90 Å². The summed E-state index contributed by atoms with van der Waals surface area (Å²) in [7, 11) is 1.82. The Labute approximate surface area is 256 Å². The van der Waals surface area contributed by atoms with Gasteiger partial charge in [0.1, 0.15) is 11.4 Å². The van der Waals surface area contributed by atoms with Crippen molar-refractivity contribution in [3.8, 4) is 16.9 Å². The molecule has 6 rings (SSSR count). The van der Waals surface area contributed by atoms with Crippen LogP contribution >= 0.6 is 0 Å². The van der Waals surface area contributed by atoms with Gasteiger partial charge in [0.05, 0.1) is 43.3 Å². The molecule has 3 aromatic carbocycles. The van der Waals surface area contributed by atoms with Gasteiger partial charge in [-0.05, 0) is 56.0 Å². The fraction of sp³-hybridized carbons (Fsp3) is 0.371. The second-order valence-electron chi connectivity index (χ2n) is 11.0. The third-order valence-electron chi connectivity index (χ3n) is 8.20. The van der Waals surface area contributed by atoms with Crippen molar-refractivity contribution >= 4 is 27.6 Å². The monoisotopic (exact) mass is 597 g/mol. The lowest BCUT2D eigenvalue weighted by atomic mass is 9.98. The molecule has 5 aromatic rings. The third-order valence-corrected chi connectivity index (χ3v) is 8.20. The van der Waals surface area contributed by atoms with Crippen LogP contribution in [0.15, 0.2) is 60.7 Å². The quantitative estimate of drug-likeness (QED) is 0.126. The van der Waals surface area contributed by atoms with Gasteiger partial charge in [-0.25, -0.2) is 4.79 Å². The van der Waals surface area contributed by atoms with Gasteiger partial charge in [0.15, 0.2) is 6.29 Å². The molecule has 0 saturated carbocycles. The highest BCUT2D eigenvalue weighted by atomic mass is 16.7. The zero-order valence-electron chi connectivity index (χ0n) is 25.3. The average molecular weight is 598 g/mol. The number of hydrogen-bond donors (Lipinski definition) is 2. The van der Waals surface area contributed by atoms with Crippen LogP contribution in [0.5, 0.6) is 5.75 Å². The van der Waals surface area contributed by atoms with Gasteiger partial charge in [-0.15, -0.1) is 0 Å². The number of esters is 1. The second kappa shape index (κ2) is 13.6. The largest absolute Gasteiger partial charge is 0.493 e. The van der Waals surface area contributed by atoms with Gasteiger partial charge < -0.3 is 29.0 Å². The molecule has 1 aliphatic heterocycles. The summed E-state index contributed by atoms with van der Waals surface area (Å²) in [6, 6.07) is 20.2. The van der Waals surface area contributed by atoms with Gasteiger partial charge >= 0.3 is 5.97 Å². The van der Waals surface area contributed by atoms with Crippen LogP contribution < -0.4 is 4.74 Å². The second-order valence-corrected chi connectivity index (χ2v) is 11.0. The number of nitrogens with zero attached hydrogens (tertiary/aromatic N) is 2. The van der Waals surface area contributed by atoms with Crippen LogP contribution in [0.1, 0.15) is 60.0 Å². The molecule has 230 valence electrons. The van der Waals surface area contributed by atoms with Crippen LogP contribution in [-0.4, -0.2) is 52.0 Å². The molecule has 0 bridgehead atoms. The molecule has 9 heteroatoms. The van der Waals surface area contributed by atoms with E-state index in [0.29, 0.717) is 43.1 Å². The molecule has 1 aliphatic rings. The minimum absolute atomic E-state index is 0.195. The van der Waals surface area contributed by atoms with Crippen LogP contribution in [0, 0.1) is 0 Å². The number of rotatable bonds is 12. The Hall–Kier alpha value is -4.18. The molecule has 1 saturated heterocycles. The van der Waals surface area contributed by atoms with Crippen molar-refractivity contribution in [2.24, 2.45) is 7.05 Å². The number of carbonyl (C=O) groups is 1. The summed E-state index contributed by atoms with van der Waals surface area (Å²) in [4.78, 5) is 16.6. The zero-order valence-corrected chi connectivity index (χ0v) is 25.3. The molecule has 1 atom stereocenters. The first kappa shape index (κ1) is 29.9. The number of aliphatic hydroxyl groups excluding tert-OH is 1. The summed E-state index contributed by atoms with van der Waals surface area (Å²) in [6.07, 6.45) is 3.99. The first-order valence-electron chi connectivity index (χ1n) is 15.4. The number of carbonyl (C=O) groups excluding carboxylic acids is 1. The molecule has 0 radical (unpaired) electrons. The summed E-state index contributed by atoms with van der Waals surface area (Å²) in [6.45, 7) is 3.30. The molecule has 0 amide bonds. The molecule has 9 nitrogen and oxygen atoms in total. The van der Waals surface area contributed by atoms with E-state index in [-0.39, 0.29) is 26.1 Å². The Kier molecular flexibility index (Phi) is 9.26. The smallest absolute Gasteiger partial charge is 0.355 e. The zero-order chi connectivity index (χ0) is 30.5. The fourth-order valence-electron chi connectivity index (χ4n) is 6.10. The van der Waals surface area contributed by atoms with E-state index in [0.717, 1.165) is 63.4 Å². The predicted octanol–water partition coefficient (Wildman–Crippen LogP) is 6.45. The topological polar surface area (TPSA) is 108 Å². The van der Waals surface area contributed by atoms with Gasteiger partial charge in [0, 0.05) is 35.6 Å². The standard InChI is InChI=1S/C35H39N3O6/c1-3-41-35(40)34-26(16-10-20-42-30-17-8-12-23-11-4-5-13-24(23)30)25-14-9-15-27(33(25)36-34)32-28(37-38(2)29(32)21-39)22-44-31-18-6-7-19-43-31/h4-5,8-9,11-15,17,31,36,39H,3,6-7,10,16,18-22H2,1-2H3/t31-/m1/s1.